The van der Waals surface area contributed by atoms with E-state index in [2.05, 4.69) is 49.8 Å². The van der Waals surface area contributed by atoms with Crippen molar-refractivity contribution in [1.82, 2.24) is 14.9 Å². The summed E-state index contributed by atoms with van der Waals surface area (Å²) >= 11 is 9.32. The smallest absolute Gasteiger partial charge is 0.224 e. The molecule has 1 aliphatic rings. The lowest BCUT2D eigenvalue weighted by Gasteiger charge is -2.36. The number of likely N-dealkylation sites (N-methyl/N-ethyl adjacent to an activating group) is 2. The van der Waals surface area contributed by atoms with Gasteiger partial charge in [0.2, 0.25) is 5.28 Å². The Hall–Kier alpha value is -0.390. The Balaban J connectivity index is 2.18. The van der Waals surface area contributed by atoms with Crippen molar-refractivity contribution in [3.63, 3.8) is 0 Å². The third-order valence-electron chi connectivity index (χ3n) is 3.18. The molecule has 6 heteroatoms. The second-order valence-electron chi connectivity index (χ2n) is 4.48. The molecular weight excluding hydrogens is 304 g/mol. The number of nitrogens with zero attached hydrogens (tertiary/aromatic N) is 4. The highest BCUT2D eigenvalue weighted by Gasteiger charge is 2.23. The normalized spacial score (nSPS) is 21.5. The number of piperidine rings is 1. The first kappa shape index (κ1) is 13.1. The second-order valence-corrected chi connectivity index (χ2v) is 5.67. The SMILES string of the molecule is CN1CCCC(N(C)c2nc(Cl)ncc2Br)C1. The van der Waals surface area contributed by atoms with Crippen molar-refractivity contribution < 1.29 is 0 Å². The lowest BCUT2D eigenvalue weighted by atomic mass is 10.1. The van der Waals surface area contributed by atoms with Gasteiger partial charge in [-0.3, -0.25) is 0 Å². The zero-order chi connectivity index (χ0) is 12.4. The van der Waals surface area contributed by atoms with E-state index < -0.39 is 0 Å². The van der Waals surface area contributed by atoms with Gasteiger partial charge in [-0.25, -0.2) is 4.98 Å². The quantitative estimate of drug-likeness (QED) is 0.784. The van der Waals surface area contributed by atoms with Crippen molar-refractivity contribution in [3.8, 4) is 0 Å². The predicted molar refractivity (Wildman–Crippen MR) is 73.7 cm³/mol. The van der Waals surface area contributed by atoms with Gasteiger partial charge < -0.3 is 9.80 Å². The van der Waals surface area contributed by atoms with E-state index in [1.165, 1.54) is 19.4 Å². The summed E-state index contributed by atoms with van der Waals surface area (Å²) in [5.41, 5.74) is 0. The number of halogens is 2. The molecule has 0 saturated carbocycles. The fraction of sp³-hybridized carbons (Fsp3) is 0.636. The molecule has 2 rings (SSSR count). The van der Waals surface area contributed by atoms with Crippen molar-refractivity contribution in [1.29, 1.82) is 0 Å². The maximum absolute atomic E-state index is 5.85. The summed E-state index contributed by atoms with van der Waals surface area (Å²) in [4.78, 5) is 12.8. The summed E-state index contributed by atoms with van der Waals surface area (Å²) in [5, 5.41) is 0.291. The first-order valence-corrected chi connectivity index (χ1v) is 6.84. The van der Waals surface area contributed by atoms with E-state index in [1.54, 1.807) is 6.20 Å². The first-order chi connectivity index (χ1) is 8.08. The minimum atomic E-state index is 0.291. The minimum absolute atomic E-state index is 0.291. The third kappa shape index (κ3) is 3.09. The van der Waals surface area contributed by atoms with Crippen LogP contribution < -0.4 is 4.90 Å². The van der Waals surface area contributed by atoms with E-state index in [9.17, 15) is 0 Å². The van der Waals surface area contributed by atoms with E-state index >= 15 is 0 Å². The molecule has 1 aromatic heterocycles. The topological polar surface area (TPSA) is 32.3 Å². The van der Waals surface area contributed by atoms with E-state index in [1.807, 2.05) is 0 Å². The lowest BCUT2D eigenvalue weighted by Crippen LogP contribution is -2.45. The molecule has 0 amide bonds. The van der Waals surface area contributed by atoms with Crippen LogP contribution in [-0.2, 0) is 0 Å². The van der Waals surface area contributed by atoms with Gasteiger partial charge in [0.05, 0.1) is 4.47 Å². The van der Waals surface area contributed by atoms with Crippen LogP contribution in [0.4, 0.5) is 5.82 Å². The molecular formula is C11H16BrClN4. The van der Waals surface area contributed by atoms with Crippen LogP contribution in [-0.4, -0.2) is 48.1 Å². The molecule has 17 heavy (non-hydrogen) atoms. The van der Waals surface area contributed by atoms with Gasteiger partial charge in [-0.05, 0) is 54.0 Å². The molecule has 2 heterocycles. The molecule has 1 fully saturated rings. The monoisotopic (exact) mass is 318 g/mol. The Kier molecular flexibility index (Phi) is 4.22. The largest absolute Gasteiger partial charge is 0.354 e. The Bertz CT molecular complexity index is 401. The Morgan fingerprint density at radius 2 is 2.35 bits per heavy atom. The average molecular weight is 320 g/mol. The minimum Gasteiger partial charge on any atom is -0.354 e. The third-order valence-corrected chi connectivity index (χ3v) is 3.92. The summed E-state index contributed by atoms with van der Waals surface area (Å²) in [7, 11) is 4.22. The van der Waals surface area contributed by atoms with Crippen LogP contribution in [0.25, 0.3) is 0 Å². The van der Waals surface area contributed by atoms with Crippen LogP contribution >= 0.6 is 27.5 Å². The Labute approximate surface area is 115 Å². The van der Waals surface area contributed by atoms with Gasteiger partial charge in [0, 0.05) is 25.8 Å². The predicted octanol–water partition coefficient (Wildman–Crippen LogP) is 2.42. The van der Waals surface area contributed by atoms with Gasteiger partial charge in [-0.2, -0.15) is 4.98 Å². The number of rotatable bonds is 2. The summed E-state index contributed by atoms with van der Waals surface area (Å²) in [6, 6.07) is 0.482. The van der Waals surface area contributed by atoms with E-state index in [4.69, 9.17) is 11.6 Å². The van der Waals surface area contributed by atoms with Crippen molar-refractivity contribution in [2.75, 3.05) is 32.1 Å². The van der Waals surface area contributed by atoms with Crippen LogP contribution in [0, 0.1) is 0 Å². The molecule has 0 aliphatic carbocycles. The van der Waals surface area contributed by atoms with E-state index in [0.29, 0.717) is 11.3 Å². The van der Waals surface area contributed by atoms with Gasteiger partial charge in [-0.15, -0.1) is 0 Å². The highest BCUT2D eigenvalue weighted by Crippen LogP contribution is 2.27. The van der Waals surface area contributed by atoms with Crippen LogP contribution in [0.1, 0.15) is 12.8 Å². The molecule has 1 aromatic rings. The number of hydrogen-bond donors (Lipinski definition) is 0. The van der Waals surface area contributed by atoms with Gasteiger partial charge in [-0.1, -0.05) is 0 Å². The van der Waals surface area contributed by atoms with Gasteiger partial charge in [0.15, 0.2) is 0 Å². The van der Waals surface area contributed by atoms with E-state index in [-0.39, 0.29) is 0 Å². The Morgan fingerprint density at radius 1 is 1.59 bits per heavy atom. The van der Waals surface area contributed by atoms with Crippen molar-refractivity contribution >= 4 is 33.3 Å². The highest BCUT2D eigenvalue weighted by atomic mass is 79.9. The molecule has 0 spiro atoms. The number of likely N-dealkylation sites (tertiary alicyclic amines) is 1. The van der Waals surface area contributed by atoms with Crippen LogP contribution in [0.5, 0.6) is 0 Å². The fourth-order valence-electron chi connectivity index (χ4n) is 2.21. The lowest BCUT2D eigenvalue weighted by molar-refractivity contribution is 0.247. The van der Waals surface area contributed by atoms with Crippen molar-refractivity contribution in [3.05, 3.63) is 16.0 Å². The van der Waals surface area contributed by atoms with Crippen molar-refractivity contribution in [2.24, 2.45) is 0 Å². The molecule has 1 unspecified atom stereocenters. The highest BCUT2D eigenvalue weighted by molar-refractivity contribution is 9.10. The molecule has 0 radical (unpaired) electrons. The zero-order valence-electron chi connectivity index (χ0n) is 10.0. The maximum Gasteiger partial charge on any atom is 0.224 e. The average Bonchev–Trinajstić information content (AvgIpc) is 2.31. The number of aromatic nitrogens is 2. The first-order valence-electron chi connectivity index (χ1n) is 5.67. The molecule has 0 bridgehead atoms. The summed E-state index contributed by atoms with van der Waals surface area (Å²) < 4.78 is 0.887. The molecule has 94 valence electrons. The van der Waals surface area contributed by atoms with Crippen LogP contribution in [0.2, 0.25) is 5.28 Å². The molecule has 0 aromatic carbocycles. The molecule has 1 aliphatic heterocycles. The standard InChI is InChI=1S/C11H16BrClN4/c1-16-5-3-4-8(7-16)17(2)10-9(12)6-14-11(13)15-10/h6,8H,3-5,7H2,1-2H3. The summed E-state index contributed by atoms with van der Waals surface area (Å²) in [6.07, 6.45) is 4.12. The van der Waals surface area contributed by atoms with E-state index in [0.717, 1.165) is 16.8 Å². The fourth-order valence-corrected chi connectivity index (χ4v) is 2.81. The summed E-state index contributed by atoms with van der Waals surface area (Å²) in [6.45, 7) is 2.24. The van der Waals surface area contributed by atoms with Crippen molar-refractivity contribution in [2.45, 2.75) is 18.9 Å². The maximum atomic E-state index is 5.85. The number of anilines is 1. The molecule has 1 atom stereocenters. The van der Waals surface area contributed by atoms with Gasteiger partial charge in [0.1, 0.15) is 5.82 Å². The molecule has 4 nitrogen and oxygen atoms in total. The second kappa shape index (κ2) is 5.50. The zero-order valence-corrected chi connectivity index (χ0v) is 12.4. The summed E-state index contributed by atoms with van der Waals surface area (Å²) in [5.74, 6) is 0.866. The van der Waals surface area contributed by atoms with Crippen LogP contribution in [0.3, 0.4) is 0 Å². The number of hydrogen-bond acceptors (Lipinski definition) is 4. The molecule has 0 N–H and O–H groups in total. The van der Waals surface area contributed by atoms with Crippen LogP contribution in [0.15, 0.2) is 10.7 Å². The Morgan fingerprint density at radius 3 is 3.06 bits per heavy atom. The van der Waals surface area contributed by atoms with Gasteiger partial charge >= 0.3 is 0 Å². The molecule has 1 saturated heterocycles. The van der Waals surface area contributed by atoms with Gasteiger partial charge in [0.25, 0.3) is 0 Å².